The second-order valence-electron chi connectivity index (χ2n) is 6.94. The molecule has 0 spiro atoms. The highest BCUT2D eigenvalue weighted by Crippen LogP contribution is 2.42. The Kier molecular flexibility index (Phi) is 6.13. The van der Waals surface area contributed by atoms with E-state index in [1.165, 1.54) is 38.5 Å². The molecule has 0 aromatic carbocycles. The third kappa shape index (κ3) is 5.31. The van der Waals surface area contributed by atoms with E-state index in [4.69, 9.17) is 4.74 Å². The maximum absolute atomic E-state index is 11.6. The van der Waals surface area contributed by atoms with Gasteiger partial charge in [-0.05, 0) is 45.4 Å². The lowest BCUT2D eigenvalue weighted by Gasteiger charge is -2.24. The zero-order valence-electron chi connectivity index (χ0n) is 12.4. The van der Waals surface area contributed by atoms with E-state index in [2.05, 4.69) is 5.32 Å². The van der Waals surface area contributed by atoms with Gasteiger partial charge in [-0.1, -0.05) is 25.7 Å². The molecule has 4 heteroatoms. The number of rotatable bonds is 3. The summed E-state index contributed by atoms with van der Waals surface area (Å²) in [4.78, 5) is 11.6. The minimum absolute atomic E-state index is 0. The number of ether oxygens (including phenoxy) is 1. The summed E-state index contributed by atoms with van der Waals surface area (Å²) in [5, 5.41) is 3.39. The van der Waals surface area contributed by atoms with Crippen molar-refractivity contribution in [2.45, 2.75) is 70.9 Å². The van der Waals surface area contributed by atoms with Crippen LogP contribution in [-0.4, -0.2) is 24.2 Å². The van der Waals surface area contributed by atoms with Crippen molar-refractivity contribution in [2.75, 3.05) is 6.54 Å². The van der Waals surface area contributed by atoms with Crippen LogP contribution in [0.15, 0.2) is 0 Å². The van der Waals surface area contributed by atoms with Crippen LogP contribution in [0.2, 0.25) is 0 Å². The lowest BCUT2D eigenvalue weighted by molar-refractivity contribution is -0.153. The summed E-state index contributed by atoms with van der Waals surface area (Å²) >= 11 is 0. The molecular formula is C15H28ClNO2. The molecule has 0 saturated heterocycles. The maximum atomic E-state index is 11.6. The van der Waals surface area contributed by atoms with E-state index in [1.54, 1.807) is 0 Å². The summed E-state index contributed by atoms with van der Waals surface area (Å²) < 4.78 is 5.31. The lowest BCUT2D eigenvalue weighted by Crippen LogP contribution is -2.36. The number of esters is 1. The number of hydrogen-bond donors (Lipinski definition) is 1. The topological polar surface area (TPSA) is 38.3 Å². The normalized spacial score (nSPS) is 30.4. The summed E-state index contributed by atoms with van der Waals surface area (Å²) in [6, 6.07) is 0.533. The molecule has 0 aromatic heterocycles. The van der Waals surface area contributed by atoms with Gasteiger partial charge in [0.25, 0.3) is 0 Å². The van der Waals surface area contributed by atoms with Gasteiger partial charge in [0.2, 0.25) is 0 Å². The van der Waals surface area contributed by atoms with Gasteiger partial charge >= 0.3 is 5.97 Å². The van der Waals surface area contributed by atoms with Crippen molar-refractivity contribution in [2.24, 2.45) is 11.8 Å². The van der Waals surface area contributed by atoms with Crippen molar-refractivity contribution in [3.8, 4) is 0 Å². The first kappa shape index (κ1) is 16.8. The van der Waals surface area contributed by atoms with Gasteiger partial charge in [0.15, 0.2) is 0 Å². The number of carbonyl (C=O) groups is 1. The zero-order valence-corrected chi connectivity index (χ0v) is 13.2. The van der Waals surface area contributed by atoms with Crippen LogP contribution >= 0.6 is 12.4 Å². The fraction of sp³-hybridized carbons (Fsp3) is 0.933. The summed E-state index contributed by atoms with van der Waals surface area (Å²) in [6.45, 7) is 6.10. The molecule has 19 heavy (non-hydrogen) atoms. The molecule has 2 saturated carbocycles. The molecule has 112 valence electrons. The molecule has 2 aliphatic rings. The van der Waals surface area contributed by atoms with Crippen LogP contribution in [0.5, 0.6) is 0 Å². The molecule has 0 bridgehead atoms. The Bertz CT molecular complexity index is 287. The quantitative estimate of drug-likeness (QED) is 0.810. The first-order valence-electron chi connectivity index (χ1n) is 7.39. The molecule has 0 amide bonds. The Hall–Kier alpha value is -0.280. The van der Waals surface area contributed by atoms with Gasteiger partial charge in [-0.15, -0.1) is 12.4 Å². The molecule has 1 unspecified atom stereocenters. The average Bonchev–Trinajstić information content (AvgIpc) is 2.66. The summed E-state index contributed by atoms with van der Waals surface area (Å²) in [5.41, 5.74) is -0.373. The minimum Gasteiger partial charge on any atom is -0.459 e. The van der Waals surface area contributed by atoms with Gasteiger partial charge < -0.3 is 10.1 Å². The smallest absolute Gasteiger partial charge is 0.320 e. The van der Waals surface area contributed by atoms with E-state index in [0.717, 1.165) is 11.8 Å². The predicted octanol–water partition coefficient (Wildman–Crippen LogP) is 3.31. The van der Waals surface area contributed by atoms with E-state index in [1.807, 2.05) is 20.8 Å². The van der Waals surface area contributed by atoms with Gasteiger partial charge in [0.1, 0.15) is 5.60 Å². The molecule has 3 nitrogen and oxygen atoms in total. The number of nitrogens with one attached hydrogen (secondary N) is 1. The molecule has 0 heterocycles. The Morgan fingerprint density at radius 1 is 1.16 bits per heavy atom. The van der Waals surface area contributed by atoms with Crippen molar-refractivity contribution < 1.29 is 9.53 Å². The largest absolute Gasteiger partial charge is 0.459 e. The van der Waals surface area contributed by atoms with Gasteiger partial charge in [-0.25, -0.2) is 0 Å². The monoisotopic (exact) mass is 289 g/mol. The van der Waals surface area contributed by atoms with E-state index >= 15 is 0 Å². The first-order valence-corrected chi connectivity index (χ1v) is 7.39. The number of hydrogen-bond acceptors (Lipinski definition) is 3. The average molecular weight is 290 g/mol. The van der Waals surface area contributed by atoms with Crippen molar-refractivity contribution >= 4 is 18.4 Å². The highest BCUT2D eigenvalue weighted by Gasteiger charge is 2.35. The molecule has 2 rings (SSSR count). The number of halogens is 1. The summed E-state index contributed by atoms with van der Waals surface area (Å²) in [5.74, 6) is 1.70. The maximum Gasteiger partial charge on any atom is 0.320 e. The third-order valence-electron chi connectivity index (χ3n) is 4.20. The molecule has 1 N–H and O–H groups in total. The zero-order chi connectivity index (χ0) is 13.2. The highest BCUT2D eigenvalue weighted by atomic mass is 35.5. The molecule has 0 aromatic rings. The first-order chi connectivity index (χ1) is 8.44. The highest BCUT2D eigenvalue weighted by molar-refractivity contribution is 5.85. The van der Waals surface area contributed by atoms with Crippen molar-refractivity contribution in [1.29, 1.82) is 0 Å². The standard InChI is InChI=1S/C15H27NO2.ClH/c1-15(2,3)18-14(17)10-16-13-8-11-6-4-5-7-12(11)9-13;/h11-13,16H,4-10H2,1-3H3;1H/t11-,12+,13?;. The molecule has 3 atom stereocenters. The summed E-state index contributed by atoms with van der Waals surface area (Å²) in [7, 11) is 0. The Labute approximate surface area is 123 Å². The van der Waals surface area contributed by atoms with Crippen LogP contribution in [0, 0.1) is 11.8 Å². The molecular weight excluding hydrogens is 262 g/mol. The number of fused-ring (bicyclic) bond motifs is 1. The van der Waals surface area contributed by atoms with Crippen LogP contribution in [0.1, 0.15) is 59.3 Å². The Balaban J connectivity index is 0.00000180. The lowest BCUT2D eigenvalue weighted by atomic mass is 9.82. The molecule has 0 radical (unpaired) electrons. The van der Waals surface area contributed by atoms with Crippen LogP contribution in [-0.2, 0) is 9.53 Å². The van der Waals surface area contributed by atoms with E-state index in [9.17, 15) is 4.79 Å². The van der Waals surface area contributed by atoms with Gasteiger partial charge in [0, 0.05) is 6.04 Å². The van der Waals surface area contributed by atoms with Gasteiger partial charge in [0.05, 0.1) is 6.54 Å². The Morgan fingerprint density at radius 2 is 1.68 bits per heavy atom. The minimum atomic E-state index is -0.373. The van der Waals surface area contributed by atoms with E-state index < -0.39 is 0 Å². The predicted molar refractivity (Wildman–Crippen MR) is 79.6 cm³/mol. The number of carbonyl (C=O) groups excluding carboxylic acids is 1. The molecule has 0 aliphatic heterocycles. The van der Waals surface area contributed by atoms with Gasteiger partial charge in [-0.3, -0.25) is 4.79 Å². The van der Waals surface area contributed by atoms with E-state index in [0.29, 0.717) is 12.6 Å². The Morgan fingerprint density at radius 3 is 2.16 bits per heavy atom. The van der Waals surface area contributed by atoms with E-state index in [-0.39, 0.29) is 24.0 Å². The fourth-order valence-electron chi connectivity index (χ4n) is 3.50. The second kappa shape index (κ2) is 6.94. The van der Waals surface area contributed by atoms with Crippen molar-refractivity contribution in [3.63, 3.8) is 0 Å². The van der Waals surface area contributed by atoms with Crippen molar-refractivity contribution in [3.05, 3.63) is 0 Å². The second-order valence-corrected chi connectivity index (χ2v) is 6.94. The van der Waals surface area contributed by atoms with Gasteiger partial charge in [-0.2, -0.15) is 0 Å². The molecule has 2 aliphatic carbocycles. The third-order valence-corrected chi connectivity index (χ3v) is 4.20. The molecule has 2 fully saturated rings. The van der Waals surface area contributed by atoms with Crippen molar-refractivity contribution in [1.82, 2.24) is 5.32 Å². The fourth-order valence-corrected chi connectivity index (χ4v) is 3.50. The van der Waals surface area contributed by atoms with Crippen LogP contribution < -0.4 is 5.32 Å². The SMILES string of the molecule is CC(C)(C)OC(=O)CNC1C[C@H]2CCCC[C@H]2C1.Cl. The van der Waals surface area contributed by atoms with Crippen LogP contribution in [0.3, 0.4) is 0 Å². The van der Waals surface area contributed by atoms with Crippen LogP contribution in [0.25, 0.3) is 0 Å². The summed E-state index contributed by atoms with van der Waals surface area (Å²) in [6.07, 6.45) is 8.12. The van der Waals surface area contributed by atoms with Crippen LogP contribution in [0.4, 0.5) is 0 Å².